The molecular weight excluding hydrogens is 416 g/mol. The molecule has 0 bridgehead atoms. The number of para-hydroxylation sites is 1. The highest BCUT2D eigenvalue weighted by molar-refractivity contribution is 8.19. The van der Waals surface area contributed by atoms with Crippen LogP contribution in [0.2, 0.25) is 0 Å². The smallest absolute Gasteiger partial charge is 0.262 e. The van der Waals surface area contributed by atoms with Crippen molar-refractivity contribution in [1.29, 1.82) is 0 Å². The summed E-state index contributed by atoms with van der Waals surface area (Å²) in [4.78, 5) is 25.0. The molecule has 0 radical (unpaired) electrons. The molecular formula is C23H26N2O3S2. The summed E-state index contributed by atoms with van der Waals surface area (Å²) >= 11 is 3.92. The van der Waals surface area contributed by atoms with E-state index in [9.17, 15) is 9.59 Å². The van der Waals surface area contributed by atoms with E-state index in [1.54, 1.807) is 24.3 Å². The molecule has 2 aliphatic rings. The Labute approximate surface area is 185 Å². The number of benzene rings is 2. The quantitative estimate of drug-likeness (QED) is 0.641. The van der Waals surface area contributed by atoms with Crippen molar-refractivity contribution in [2.75, 3.05) is 23.4 Å². The number of hydrogen-bond acceptors (Lipinski definition) is 5. The summed E-state index contributed by atoms with van der Waals surface area (Å²) in [6.45, 7) is -0.106. The van der Waals surface area contributed by atoms with Crippen LogP contribution in [-0.2, 0) is 4.79 Å². The van der Waals surface area contributed by atoms with E-state index in [0.29, 0.717) is 21.6 Å². The first kappa shape index (κ1) is 21.1. The van der Waals surface area contributed by atoms with Gasteiger partial charge in [0.1, 0.15) is 5.75 Å². The maximum Gasteiger partial charge on any atom is 0.262 e. The van der Waals surface area contributed by atoms with E-state index in [1.807, 2.05) is 35.7 Å². The molecule has 7 heteroatoms. The van der Waals surface area contributed by atoms with Crippen LogP contribution < -0.4 is 15.4 Å². The second kappa shape index (κ2) is 10.3. The zero-order chi connectivity index (χ0) is 20.8. The fourth-order valence-electron chi connectivity index (χ4n) is 3.73. The lowest BCUT2D eigenvalue weighted by Crippen LogP contribution is -2.33. The number of amides is 2. The normalized spacial score (nSPS) is 17.1. The van der Waals surface area contributed by atoms with E-state index in [0.717, 1.165) is 25.7 Å². The van der Waals surface area contributed by atoms with Gasteiger partial charge in [-0.2, -0.15) is 0 Å². The van der Waals surface area contributed by atoms with Crippen molar-refractivity contribution in [3.63, 3.8) is 0 Å². The number of carbonyl (C=O) groups is 2. The Morgan fingerprint density at radius 3 is 2.40 bits per heavy atom. The van der Waals surface area contributed by atoms with Crippen molar-refractivity contribution in [3.8, 4) is 5.75 Å². The van der Waals surface area contributed by atoms with Crippen LogP contribution in [0.25, 0.3) is 0 Å². The van der Waals surface area contributed by atoms with Crippen LogP contribution in [0.4, 0.5) is 5.69 Å². The molecule has 0 spiro atoms. The zero-order valence-electron chi connectivity index (χ0n) is 16.8. The number of thioether (sulfide) groups is 2. The summed E-state index contributed by atoms with van der Waals surface area (Å²) in [5.41, 5.74) is 2.27. The third-order valence-electron chi connectivity index (χ3n) is 5.28. The standard InChI is InChI=1S/C23H26N2O3S2/c26-21(15-28-18-11-9-16(10-12-18)23-29-13-14-30-23)25-20-8-4-3-7-19(20)22(27)24-17-5-1-2-6-17/h3-4,7-12,17,23H,1-2,5-6,13-15H2,(H,24,27)(H,25,26). The van der Waals surface area contributed by atoms with Crippen LogP contribution in [0.1, 0.15) is 46.2 Å². The number of rotatable bonds is 7. The minimum absolute atomic E-state index is 0.106. The number of ether oxygens (including phenoxy) is 1. The lowest BCUT2D eigenvalue weighted by molar-refractivity contribution is -0.118. The third kappa shape index (κ3) is 5.52. The van der Waals surface area contributed by atoms with Gasteiger partial charge in [-0.05, 0) is 42.7 Å². The van der Waals surface area contributed by atoms with Gasteiger partial charge in [0.25, 0.3) is 11.8 Å². The highest BCUT2D eigenvalue weighted by atomic mass is 32.2. The summed E-state index contributed by atoms with van der Waals surface area (Å²) in [6, 6.07) is 15.3. The van der Waals surface area contributed by atoms with E-state index in [2.05, 4.69) is 22.8 Å². The molecule has 1 aliphatic heterocycles. The van der Waals surface area contributed by atoms with Gasteiger partial charge >= 0.3 is 0 Å². The van der Waals surface area contributed by atoms with Crippen molar-refractivity contribution in [1.82, 2.24) is 5.32 Å². The lowest BCUT2D eigenvalue weighted by atomic mass is 10.1. The van der Waals surface area contributed by atoms with Crippen molar-refractivity contribution in [2.24, 2.45) is 0 Å². The first-order valence-corrected chi connectivity index (χ1v) is 12.4. The Kier molecular flexibility index (Phi) is 7.23. The SMILES string of the molecule is O=C(COc1ccc(C2SCCS2)cc1)Nc1ccccc1C(=O)NC1CCCC1. The van der Waals surface area contributed by atoms with E-state index >= 15 is 0 Å². The van der Waals surface area contributed by atoms with Crippen LogP contribution in [0.5, 0.6) is 5.75 Å². The minimum Gasteiger partial charge on any atom is -0.484 e. The molecule has 1 heterocycles. The molecule has 4 rings (SSSR count). The summed E-state index contributed by atoms with van der Waals surface area (Å²) in [6.07, 6.45) is 4.34. The Bertz CT molecular complexity index is 876. The van der Waals surface area contributed by atoms with E-state index < -0.39 is 0 Å². The van der Waals surface area contributed by atoms with Gasteiger partial charge in [-0.3, -0.25) is 9.59 Å². The topological polar surface area (TPSA) is 67.4 Å². The fraction of sp³-hybridized carbons (Fsp3) is 0.391. The first-order valence-electron chi connectivity index (χ1n) is 10.3. The predicted molar refractivity (Wildman–Crippen MR) is 124 cm³/mol. The highest BCUT2D eigenvalue weighted by Gasteiger charge is 2.20. The van der Waals surface area contributed by atoms with E-state index in [4.69, 9.17) is 4.74 Å². The largest absolute Gasteiger partial charge is 0.484 e. The molecule has 2 amide bonds. The van der Waals surface area contributed by atoms with Crippen molar-refractivity contribution in [3.05, 3.63) is 59.7 Å². The first-order chi connectivity index (χ1) is 14.7. The number of nitrogens with one attached hydrogen (secondary N) is 2. The summed E-state index contributed by atoms with van der Waals surface area (Å²) in [5, 5.41) is 5.88. The zero-order valence-corrected chi connectivity index (χ0v) is 18.4. The summed E-state index contributed by atoms with van der Waals surface area (Å²) in [5.74, 6) is 2.61. The second-order valence-electron chi connectivity index (χ2n) is 7.48. The molecule has 0 aromatic heterocycles. The summed E-state index contributed by atoms with van der Waals surface area (Å²) < 4.78 is 6.13. The van der Waals surface area contributed by atoms with Crippen LogP contribution in [-0.4, -0.2) is 36.0 Å². The molecule has 1 saturated carbocycles. The van der Waals surface area contributed by atoms with Crippen molar-refractivity contribution < 1.29 is 14.3 Å². The average Bonchev–Trinajstić information content (AvgIpc) is 3.47. The van der Waals surface area contributed by atoms with Gasteiger partial charge < -0.3 is 15.4 Å². The van der Waals surface area contributed by atoms with Crippen LogP contribution >= 0.6 is 23.5 Å². The molecule has 1 saturated heterocycles. The lowest BCUT2D eigenvalue weighted by Gasteiger charge is -2.15. The molecule has 1 aliphatic carbocycles. The van der Waals surface area contributed by atoms with E-state index in [-0.39, 0.29) is 24.5 Å². The highest BCUT2D eigenvalue weighted by Crippen LogP contribution is 2.45. The molecule has 2 aromatic carbocycles. The van der Waals surface area contributed by atoms with Gasteiger partial charge in [-0.15, -0.1) is 23.5 Å². The molecule has 2 N–H and O–H groups in total. The van der Waals surface area contributed by atoms with Gasteiger partial charge in [0.05, 0.1) is 15.8 Å². The van der Waals surface area contributed by atoms with Gasteiger partial charge in [-0.1, -0.05) is 37.1 Å². The molecule has 30 heavy (non-hydrogen) atoms. The Morgan fingerprint density at radius 2 is 1.67 bits per heavy atom. The van der Waals surface area contributed by atoms with Gasteiger partial charge in [0.15, 0.2) is 6.61 Å². The number of anilines is 1. The Hall–Kier alpha value is -2.12. The molecule has 0 unspecified atom stereocenters. The minimum atomic E-state index is -0.290. The van der Waals surface area contributed by atoms with Crippen molar-refractivity contribution >= 4 is 41.0 Å². The van der Waals surface area contributed by atoms with Crippen LogP contribution in [0.3, 0.4) is 0 Å². The molecule has 2 fully saturated rings. The predicted octanol–water partition coefficient (Wildman–Crippen LogP) is 4.86. The van der Waals surface area contributed by atoms with Crippen LogP contribution in [0, 0.1) is 0 Å². The van der Waals surface area contributed by atoms with Crippen molar-refractivity contribution in [2.45, 2.75) is 36.3 Å². The fourth-order valence-corrected chi connectivity index (χ4v) is 6.59. The second-order valence-corrected chi connectivity index (χ2v) is 10.2. The Balaban J connectivity index is 1.31. The number of carbonyl (C=O) groups excluding carboxylic acids is 2. The average molecular weight is 443 g/mol. The third-order valence-corrected chi connectivity index (χ3v) is 8.38. The molecule has 2 aromatic rings. The Morgan fingerprint density at radius 1 is 0.967 bits per heavy atom. The molecule has 158 valence electrons. The summed E-state index contributed by atoms with van der Waals surface area (Å²) in [7, 11) is 0. The molecule has 5 nitrogen and oxygen atoms in total. The maximum absolute atomic E-state index is 12.6. The molecule has 0 atom stereocenters. The van der Waals surface area contributed by atoms with Gasteiger partial charge in [0.2, 0.25) is 0 Å². The van der Waals surface area contributed by atoms with E-state index in [1.165, 1.54) is 17.1 Å². The van der Waals surface area contributed by atoms with Gasteiger partial charge in [0, 0.05) is 17.5 Å². The maximum atomic E-state index is 12.6. The monoisotopic (exact) mass is 442 g/mol. The number of hydrogen-bond donors (Lipinski definition) is 2. The van der Waals surface area contributed by atoms with Gasteiger partial charge in [-0.25, -0.2) is 0 Å². The van der Waals surface area contributed by atoms with Crippen LogP contribution in [0.15, 0.2) is 48.5 Å².